The molecule has 3 heteroatoms. The summed E-state index contributed by atoms with van der Waals surface area (Å²) in [5.74, 6) is 0. The molecule has 17 heavy (non-hydrogen) atoms. The van der Waals surface area contributed by atoms with Crippen LogP contribution in [0.3, 0.4) is 0 Å². The van der Waals surface area contributed by atoms with Crippen molar-refractivity contribution in [3.8, 4) is 0 Å². The molecule has 0 saturated carbocycles. The van der Waals surface area contributed by atoms with Gasteiger partial charge in [0.1, 0.15) is 0 Å². The predicted molar refractivity (Wildman–Crippen MR) is 75.0 cm³/mol. The molecule has 0 radical (unpaired) electrons. The Bertz CT molecular complexity index is 134. The fourth-order valence-corrected chi connectivity index (χ4v) is 0.313. The summed E-state index contributed by atoms with van der Waals surface area (Å²) < 4.78 is 0. The smallest absolute Gasteiger partial charge is 0.0428 e. The van der Waals surface area contributed by atoms with Crippen molar-refractivity contribution in [2.24, 2.45) is 0 Å². The minimum Gasteiger partial charge on any atom is -0.396 e. The normalized spacial score (nSPS) is 7.41. The van der Waals surface area contributed by atoms with Crippen LogP contribution in [0.2, 0.25) is 0 Å². The standard InChI is InChI=1S/C5H5N.2C3H8O.C3H8/c1-2-4-6-5-3-1;2*1-2-3-4;1-3-2/h1-5H;2*4H,2-3H2,1H3;3H2,1-2H3. The molecule has 0 aromatic carbocycles. The lowest BCUT2D eigenvalue weighted by Crippen LogP contribution is -1.69. The summed E-state index contributed by atoms with van der Waals surface area (Å²) in [5.41, 5.74) is 0. The van der Waals surface area contributed by atoms with E-state index in [4.69, 9.17) is 10.2 Å². The van der Waals surface area contributed by atoms with Crippen molar-refractivity contribution < 1.29 is 10.2 Å². The largest absolute Gasteiger partial charge is 0.396 e. The van der Waals surface area contributed by atoms with Crippen molar-refractivity contribution in [1.29, 1.82) is 0 Å². The van der Waals surface area contributed by atoms with Gasteiger partial charge < -0.3 is 10.2 Å². The van der Waals surface area contributed by atoms with Crippen LogP contribution in [0.15, 0.2) is 30.6 Å². The molecule has 1 aromatic rings. The number of nitrogens with zero attached hydrogens (tertiary/aromatic N) is 1. The average Bonchev–Trinajstić information content (AvgIpc) is 2.42. The maximum atomic E-state index is 7.88. The van der Waals surface area contributed by atoms with E-state index in [0.29, 0.717) is 13.2 Å². The van der Waals surface area contributed by atoms with Crippen LogP contribution in [0.1, 0.15) is 47.0 Å². The summed E-state index contributed by atoms with van der Waals surface area (Å²) in [7, 11) is 0. The van der Waals surface area contributed by atoms with E-state index >= 15 is 0 Å². The molecule has 0 bridgehead atoms. The Labute approximate surface area is 107 Å². The minimum atomic E-state index is 0.319. The lowest BCUT2D eigenvalue weighted by molar-refractivity contribution is 0.294. The molecule has 2 N–H and O–H groups in total. The second kappa shape index (κ2) is 29.4. The summed E-state index contributed by atoms with van der Waals surface area (Å²) >= 11 is 0. The topological polar surface area (TPSA) is 53.4 Å². The summed E-state index contributed by atoms with van der Waals surface area (Å²) in [6, 6.07) is 5.72. The molecule has 1 rings (SSSR count). The van der Waals surface area contributed by atoms with Gasteiger partial charge in [-0.25, -0.2) is 0 Å². The highest BCUT2D eigenvalue weighted by Gasteiger charge is 1.58. The van der Waals surface area contributed by atoms with Gasteiger partial charge in [-0.05, 0) is 25.0 Å². The monoisotopic (exact) mass is 243 g/mol. The van der Waals surface area contributed by atoms with E-state index in [-0.39, 0.29) is 0 Å². The number of hydrogen-bond donors (Lipinski definition) is 2. The van der Waals surface area contributed by atoms with E-state index in [1.54, 1.807) is 12.4 Å². The van der Waals surface area contributed by atoms with Crippen LogP contribution in [-0.4, -0.2) is 28.4 Å². The number of aliphatic hydroxyl groups excluding tert-OH is 2. The summed E-state index contributed by atoms with van der Waals surface area (Å²) in [6.45, 7) is 8.75. The van der Waals surface area contributed by atoms with Gasteiger partial charge in [-0.3, -0.25) is 4.98 Å². The third-order valence-electron chi connectivity index (χ3n) is 1.01. The van der Waals surface area contributed by atoms with Gasteiger partial charge in [0.25, 0.3) is 0 Å². The van der Waals surface area contributed by atoms with Gasteiger partial charge in [0.2, 0.25) is 0 Å². The van der Waals surface area contributed by atoms with Crippen molar-refractivity contribution in [3.63, 3.8) is 0 Å². The van der Waals surface area contributed by atoms with Crippen LogP contribution in [0, 0.1) is 0 Å². The average molecular weight is 243 g/mol. The Morgan fingerprint density at radius 2 is 1.06 bits per heavy atom. The Kier molecular flexibility index (Phi) is 37.0. The van der Waals surface area contributed by atoms with Gasteiger partial charge in [0.05, 0.1) is 0 Å². The quantitative estimate of drug-likeness (QED) is 0.838. The first-order valence-corrected chi connectivity index (χ1v) is 6.31. The number of pyridine rings is 1. The fourth-order valence-electron chi connectivity index (χ4n) is 0.313. The van der Waals surface area contributed by atoms with Crippen LogP contribution in [0.4, 0.5) is 0 Å². The van der Waals surface area contributed by atoms with Crippen LogP contribution < -0.4 is 0 Å². The van der Waals surface area contributed by atoms with Gasteiger partial charge in [0.15, 0.2) is 0 Å². The molecule has 0 unspecified atom stereocenters. The second-order valence-electron chi connectivity index (χ2n) is 3.18. The molecule has 1 heterocycles. The van der Waals surface area contributed by atoms with E-state index in [0.717, 1.165) is 12.8 Å². The Hall–Kier alpha value is -0.930. The van der Waals surface area contributed by atoms with E-state index < -0.39 is 0 Å². The van der Waals surface area contributed by atoms with Gasteiger partial charge in [-0.1, -0.05) is 40.2 Å². The lowest BCUT2D eigenvalue weighted by atomic mass is 10.5. The summed E-state index contributed by atoms with van der Waals surface area (Å²) in [4.78, 5) is 3.78. The van der Waals surface area contributed by atoms with Gasteiger partial charge in [-0.2, -0.15) is 0 Å². The Morgan fingerprint density at radius 3 is 1.12 bits per heavy atom. The van der Waals surface area contributed by atoms with Crippen molar-refractivity contribution in [3.05, 3.63) is 30.6 Å². The van der Waals surface area contributed by atoms with Crippen molar-refractivity contribution >= 4 is 0 Å². The highest BCUT2D eigenvalue weighted by atomic mass is 16.3. The first-order valence-electron chi connectivity index (χ1n) is 6.31. The van der Waals surface area contributed by atoms with Crippen LogP contribution in [-0.2, 0) is 0 Å². The molecule has 1 aromatic heterocycles. The van der Waals surface area contributed by atoms with Crippen LogP contribution in [0.25, 0.3) is 0 Å². The number of hydrogen-bond acceptors (Lipinski definition) is 3. The van der Waals surface area contributed by atoms with Crippen LogP contribution in [0.5, 0.6) is 0 Å². The summed E-state index contributed by atoms with van der Waals surface area (Å²) in [6.07, 6.45) is 6.50. The van der Waals surface area contributed by atoms with Crippen molar-refractivity contribution in [1.82, 2.24) is 4.98 Å². The third-order valence-corrected chi connectivity index (χ3v) is 1.01. The molecule has 0 saturated heterocycles. The Balaban J connectivity index is -0.000000161. The SMILES string of the molecule is CCC.CCCO.CCCO.c1ccncc1. The molecule has 0 atom stereocenters. The van der Waals surface area contributed by atoms with E-state index in [9.17, 15) is 0 Å². The zero-order valence-corrected chi connectivity index (χ0v) is 11.8. The number of aliphatic hydroxyl groups is 2. The van der Waals surface area contributed by atoms with Gasteiger partial charge in [0, 0.05) is 25.6 Å². The first kappa shape index (κ1) is 21.4. The van der Waals surface area contributed by atoms with E-state index in [1.807, 2.05) is 32.0 Å². The third kappa shape index (κ3) is 51.5. The van der Waals surface area contributed by atoms with E-state index in [2.05, 4.69) is 18.8 Å². The van der Waals surface area contributed by atoms with E-state index in [1.165, 1.54) is 6.42 Å². The lowest BCUT2D eigenvalue weighted by Gasteiger charge is -1.70. The molecular formula is C14H29NO2. The maximum absolute atomic E-state index is 7.88. The zero-order chi connectivity index (χ0) is 13.8. The molecule has 0 aliphatic heterocycles. The molecule has 102 valence electrons. The highest BCUT2D eigenvalue weighted by Crippen LogP contribution is 1.73. The molecule has 0 fully saturated rings. The minimum absolute atomic E-state index is 0.319. The van der Waals surface area contributed by atoms with Crippen molar-refractivity contribution in [2.45, 2.75) is 47.0 Å². The van der Waals surface area contributed by atoms with Crippen LogP contribution >= 0.6 is 0 Å². The van der Waals surface area contributed by atoms with Crippen molar-refractivity contribution in [2.75, 3.05) is 13.2 Å². The maximum Gasteiger partial charge on any atom is 0.0428 e. The molecule has 0 amide bonds. The van der Waals surface area contributed by atoms with Gasteiger partial charge in [-0.15, -0.1) is 0 Å². The molecular weight excluding hydrogens is 214 g/mol. The number of rotatable bonds is 2. The Morgan fingerprint density at radius 1 is 0.765 bits per heavy atom. The molecule has 0 aliphatic rings. The number of aromatic nitrogens is 1. The zero-order valence-electron chi connectivity index (χ0n) is 11.8. The first-order chi connectivity index (χ1) is 8.24. The summed E-state index contributed by atoms with van der Waals surface area (Å²) in [5, 5.41) is 15.8. The second-order valence-corrected chi connectivity index (χ2v) is 3.18. The molecule has 0 aliphatic carbocycles. The molecule has 0 spiro atoms. The van der Waals surface area contributed by atoms with Gasteiger partial charge >= 0.3 is 0 Å². The highest BCUT2D eigenvalue weighted by molar-refractivity contribution is 4.88. The predicted octanol–water partition coefficient (Wildman–Crippen LogP) is 3.28. The fraction of sp³-hybridized carbons (Fsp3) is 0.643. The molecule has 3 nitrogen and oxygen atoms in total.